The Bertz CT molecular complexity index is 814. The van der Waals surface area contributed by atoms with Crippen LogP contribution in [0, 0.1) is 0 Å². The summed E-state index contributed by atoms with van der Waals surface area (Å²) in [5.41, 5.74) is 5.85. The van der Waals surface area contributed by atoms with Crippen molar-refractivity contribution in [1.29, 1.82) is 0 Å². The Kier molecular flexibility index (Phi) is 5.24. The lowest BCUT2D eigenvalue weighted by atomic mass is 9.96. The number of piperazine rings is 1. The van der Waals surface area contributed by atoms with E-state index >= 15 is 0 Å². The number of hydrogen-bond donors (Lipinski definition) is 0. The lowest BCUT2D eigenvalue weighted by molar-refractivity contribution is -0.215. The zero-order chi connectivity index (χ0) is 18.8. The van der Waals surface area contributed by atoms with Crippen molar-refractivity contribution in [2.45, 2.75) is 38.0 Å². The number of anilines is 1. The number of hydrogen-bond acceptors (Lipinski definition) is 4. The molecule has 1 atom stereocenters. The molecule has 2 heterocycles. The topological polar surface area (TPSA) is 24.9 Å². The van der Waals surface area contributed by atoms with Crippen LogP contribution in [-0.2, 0) is 17.7 Å². The first-order valence-electron chi connectivity index (χ1n) is 10.8. The summed E-state index contributed by atoms with van der Waals surface area (Å²) in [6.07, 6.45) is 6.20. The van der Waals surface area contributed by atoms with Crippen LogP contribution in [-0.4, -0.2) is 44.2 Å². The van der Waals surface area contributed by atoms with Crippen molar-refractivity contribution < 1.29 is 9.78 Å². The van der Waals surface area contributed by atoms with E-state index in [0.717, 1.165) is 44.3 Å². The summed E-state index contributed by atoms with van der Waals surface area (Å²) in [6.45, 7) is 6.39. The number of nitrogens with zero attached hydrogens (tertiary/aromatic N) is 2. The Morgan fingerprint density at radius 1 is 0.929 bits per heavy atom. The molecule has 4 nitrogen and oxygen atoms in total. The largest absolute Gasteiger partial charge is 0.369 e. The number of fused-ring (bicyclic) bond motifs is 2. The zero-order valence-electron chi connectivity index (χ0n) is 16.6. The van der Waals surface area contributed by atoms with Gasteiger partial charge >= 0.3 is 0 Å². The van der Waals surface area contributed by atoms with Crippen LogP contribution in [0.4, 0.5) is 5.69 Å². The molecule has 5 rings (SSSR count). The van der Waals surface area contributed by atoms with Gasteiger partial charge in [0.15, 0.2) is 5.75 Å². The molecule has 0 bridgehead atoms. The lowest BCUT2D eigenvalue weighted by Gasteiger charge is -2.37. The van der Waals surface area contributed by atoms with E-state index in [4.69, 9.17) is 9.78 Å². The van der Waals surface area contributed by atoms with Crippen molar-refractivity contribution in [3.63, 3.8) is 0 Å². The van der Waals surface area contributed by atoms with Crippen molar-refractivity contribution in [3.8, 4) is 5.75 Å². The summed E-state index contributed by atoms with van der Waals surface area (Å²) >= 11 is 0. The van der Waals surface area contributed by atoms with Crippen LogP contribution in [0.2, 0.25) is 0 Å². The molecule has 28 heavy (non-hydrogen) atoms. The average molecular weight is 379 g/mol. The fourth-order valence-electron chi connectivity index (χ4n) is 5.15. The third-order valence-corrected chi connectivity index (χ3v) is 6.69. The second-order valence-electron chi connectivity index (χ2n) is 8.31. The Morgan fingerprint density at radius 2 is 1.82 bits per heavy atom. The van der Waals surface area contributed by atoms with Gasteiger partial charge in [0.05, 0.1) is 6.61 Å². The van der Waals surface area contributed by atoms with Gasteiger partial charge in [0.1, 0.15) is 0 Å². The van der Waals surface area contributed by atoms with Gasteiger partial charge in [-0.1, -0.05) is 30.3 Å². The first-order chi connectivity index (χ1) is 13.9. The first-order valence-corrected chi connectivity index (χ1v) is 10.8. The van der Waals surface area contributed by atoms with E-state index in [2.05, 4.69) is 46.2 Å². The zero-order valence-corrected chi connectivity index (χ0v) is 16.6. The van der Waals surface area contributed by atoms with E-state index in [1.165, 1.54) is 43.5 Å². The van der Waals surface area contributed by atoms with E-state index in [1.807, 2.05) is 6.07 Å². The maximum Gasteiger partial charge on any atom is 0.170 e. The molecule has 2 aliphatic heterocycles. The maximum absolute atomic E-state index is 5.37. The predicted octanol–water partition coefficient (Wildman–Crippen LogP) is 4.19. The van der Waals surface area contributed by atoms with E-state index in [1.54, 1.807) is 11.1 Å². The molecule has 0 amide bonds. The van der Waals surface area contributed by atoms with Crippen LogP contribution >= 0.6 is 0 Å². The van der Waals surface area contributed by atoms with Gasteiger partial charge in [0.2, 0.25) is 0 Å². The minimum Gasteiger partial charge on any atom is -0.369 e. The molecule has 4 heteroatoms. The van der Waals surface area contributed by atoms with E-state index in [-0.39, 0.29) is 0 Å². The van der Waals surface area contributed by atoms with Gasteiger partial charge in [-0.25, -0.2) is 0 Å². The van der Waals surface area contributed by atoms with Crippen LogP contribution in [0.15, 0.2) is 42.5 Å². The smallest absolute Gasteiger partial charge is 0.170 e. The molecule has 0 N–H and O–H groups in total. The quantitative estimate of drug-likeness (QED) is 0.729. The fourth-order valence-corrected chi connectivity index (χ4v) is 5.15. The highest BCUT2D eigenvalue weighted by Gasteiger charge is 2.24. The number of benzene rings is 2. The average Bonchev–Trinajstić information content (AvgIpc) is 3.17. The Labute approximate surface area is 168 Å². The molecule has 3 aliphatic rings. The molecular formula is C24H30N2O2. The summed E-state index contributed by atoms with van der Waals surface area (Å²) in [7, 11) is 0. The normalized spacial score (nSPS) is 21.9. The van der Waals surface area contributed by atoms with Crippen LogP contribution in [0.5, 0.6) is 5.75 Å². The fraction of sp³-hybridized carbons (Fsp3) is 0.500. The molecule has 0 unspecified atom stereocenters. The number of aryl methyl sites for hydroxylation is 1. The molecule has 0 radical (unpaired) electrons. The van der Waals surface area contributed by atoms with Gasteiger partial charge < -0.3 is 9.79 Å². The molecule has 1 saturated heterocycles. The van der Waals surface area contributed by atoms with Gasteiger partial charge in [0.25, 0.3) is 0 Å². The second-order valence-corrected chi connectivity index (χ2v) is 8.31. The second kappa shape index (κ2) is 8.14. The van der Waals surface area contributed by atoms with Crippen LogP contribution in [0.1, 0.15) is 41.9 Å². The molecule has 2 aromatic carbocycles. The van der Waals surface area contributed by atoms with Crippen molar-refractivity contribution in [3.05, 3.63) is 59.2 Å². The SMILES string of the molecule is c1ccc2c(c1)CC[C@@H]2CCCN1CCN(c2cccc3c2CCOO3)CC1. The standard InChI is InChI=1S/C24H30N2O2/c1-2-7-21-19(5-1)10-11-20(21)6-4-13-25-14-16-26(17-15-25)23-8-3-9-24-22(23)12-18-27-28-24/h1-3,5,7-9,20H,4,6,10-18H2/t20-/m0/s1. The summed E-state index contributed by atoms with van der Waals surface area (Å²) in [6, 6.07) is 15.4. The molecule has 2 aromatic rings. The van der Waals surface area contributed by atoms with Crippen molar-refractivity contribution in [2.24, 2.45) is 0 Å². The first kappa shape index (κ1) is 18.0. The van der Waals surface area contributed by atoms with Crippen LogP contribution in [0.25, 0.3) is 0 Å². The van der Waals surface area contributed by atoms with Gasteiger partial charge in [-0.3, -0.25) is 4.90 Å². The maximum atomic E-state index is 5.37. The number of rotatable bonds is 5. The van der Waals surface area contributed by atoms with Gasteiger partial charge in [0, 0.05) is 43.9 Å². The van der Waals surface area contributed by atoms with Gasteiger partial charge in [-0.05, 0) is 61.4 Å². The van der Waals surface area contributed by atoms with E-state index in [9.17, 15) is 0 Å². The van der Waals surface area contributed by atoms with Crippen LogP contribution < -0.4 is 9.79 Å². The highest BCUT2D eigenvalue weighted by molar-refractivity contribution is 5.60. The Balaban J connectivity index is 1.12. The highest BCUT2D eigenvalue weighted by Crippen LogP contribution is 2.36. The third-order valence-electron chi connectivity index (χ3n) is 6.69. The van der Waals surface area contributed by atoms with Crippen molar-refractivity contribution >= 4 is 5.69 Å². The molecule has 0 saturated carbocycles. The molecule has 148 valence electrons. The summed E-state index contributed by atoms with van der Waals surface area (Å²) in [4.78, 5) is 15.7. The molecule has 1 aliphatic carbocycles. The Hall–Kier alpha value is -2.04. The molecular weight excluding hydrogens is 348 g/mol. The molecule has 0 aromatic heterocycles. The minimum atomic E-state index is 0.647. The molecule has 0 spiro atoms. The van der Waals surface area contributed by atoms with Gasteiger partial charge in [-0.15, -0.1) is 0 Å². The van der Waals surface area contributed by atoms with E-state index in [0.29, 0.717) is 6.61 Å². The van der Waals surface area contributed by atoms with Gasteiger partial charge in [-0.2, -0.15) is 4.89 Å². The minimum absolute atomic E-state index is 0.647. The Morgan fingerprint density at radius 3 is 2.75 bits per heavy atom. The lowest BCUT2D eigenvalue weighted by Crippen LogP contribution is -2.47. The third kappa shape index (κ3) is 3.63. The summed E-state index contributed by atoms with van der Waals surface area (Å²) in [5.74, 6) is 1.68. The highest BCUT2D eigenvalue weighted by atomic mass is 17.2. The monoisotopic (exact) mass is 378 g/mol. The predicted molar refractivity (Wildman–Crippen MR) is 112 cm³/mol. The van der Waals surface area contributed by atoms with Crippen molar-refractivity contribution in [1.82, 2.24) is 4.90 Å². The van der Waals surface area contributed by atoms with Crippen molar-refractivity contribution in [2.75, 3.05) is 44.2 Å². The van der Waals surface area contributed by atoms with E-state index < -0.39 is 0 Å². The summed E-state index contributed by atoms with van der Waals surface area (Å²) < 4.78 is 0. The van der Waals surface area contributed by atoms with Crippen LogP contribution in [0.3, 0.4) is 0 Å². The molecule has 1 fully saturated rings. The summed E-state index contributed by atoms with van der Waals surface area (Å²) in [5, 5.41) is 0.